The zero-order chi connectivity index (χ0) is 15.7. The van der Waals surface area contributed by atoms with Gasteiger partial charge >= 0.3 is 0 Å². The van der Waals surface area contributed by atoms with Gasteiger partial charge in [-0.05, 0) is 38.4 Å². The smallest absolute Gasteiger partial charge is 0.270 e. The Balaban J connectivity index is 1.94. The summed E-state index contributed by atoms with van der Waals surface area (Å²) in [5.74, 6) is 1.05. The summed E-state index contributed by atoms with van der Waals surface area (Å²) in [6.45, 7) is 8.24. The van der Waals surface area contributed by atoms with Crippen molar-refractivity contribution < 1.29 is 9.53 Å². The molecule has 1 fully saturated rings. The van der Waals surface area contributed by atoms with Crippen LogP contribution in [0.3, 0.4) is 0 Å². The maximum atomic E-state index is 12.7. The van der Waals surface area contributed by atoms with E-state index in [9.17, 15) is 4.79 Å². The summed E-state index contributed by atoms with van der Waals surface area (Å²) in [5.41, 5.74) is 1.98. The number of ether oxygens (including phenoxy) is 1. The summed E-state index contributed by atoms with van der Waals surface area (Å²) in [6.07, 6.45) is 1.85. The van der Waals surface area contributed by atoms with Gasteiger partial charge in [-0.25, -0.2) is 4.98 Å². The van der Waals surface area contributed by atoms with Crippen LogP contribution in [-0.2, 0) is 0 Å². The fourth-order valence-corrected chi connectivity index (χ4v) is 2.94. The van der Waals surface area contributed by atoms with E-state index >= 15 is 0 Å². The number of rotatable bonds is 4. The molecule has 0 unspecified atom stereocenters. The van der Waals surface area contributed by atoms with Gasteiger partial charge in [-0.2, -0.15) is 0 Å². The van der Waals surface area contributed by atoms with Gasteiger partial charge in [0.2, 0.25) is 0 Å². The Morgan fingerprint density at radius 3 is 3.05 bits per heavy atom. The molecule has 2 aromatic rings. The van der Waals surface area contributed by atoms with E-state index in [2.05, 4.69) is 22.5 Å². The van der Waals surface area contributed by atoms with Crippen molar-refractivity contribution in [1.82, 2.24) is 20.0 Å². The second-order valence-corrected chi connectivity index (χ2v) is 5.76. The highest BCUT2D eigenvalue weighted by Gasteiger charge is 2.27. The van der Waals surface area contributed by atoms with Gasteiger partial charge in [0.15, 0.2) is 11.4 Å². The molecule has 0 aromatic carbocycles. The molecule has 3 rings (SSSR count). The highest BCUT2D eigenvalue weighted by Crippen LogP contribution is 2.22. The summed E-state index contributed by atoms with van der Waals surface area (Å²) in [6, 6.07) is 3.90. The fraction of sp³-hybridized carbons (Fsp3) is 0.500. The zero-order valence-electron chi connectivity index (χ0n) is 13.2. The molecule has 0 saturated carbocycles. The van der Waals surface area contributed by atoms with Crippen LogP contribution in [0.15, 0.2) is 18.3 Å². The van der Waals surface area contributed by atoms with Crippen molar-refractivity contribution in [2.45, 2.75) is 26.8 Å². The van der Waals surface area contributed by atoms with Crippen molar-refractivity contribution in [3.05, 3.63) is 29.7 Å². The molecule has 1 aliphatic heterocycles. The molecule has 1 amide bonds. The molecule has 2 N–H and O–H groups in total. The van der Waals surface area contributed by atoms with Crippen molar-refractivity contribution in [2.24, 2.45) is 5.92 Å². The lowest BCUT2D eigenvalue weighted by molar-refractivity contribution is 0.0926. The highest BCUT2D eigenvalue weighted by atomic mass is 16.5. The van der Waals surface area contributed by atoms with Gasteiger partial charge in [-0.1, -0.05) is 6.92 Å². The average Bonchev–Trinajstić information content (AvgIpc) is 3.03. The van der Waals surface area contributed by atoms with Crippen LogP contribution in [0, 0.1) is 12.8 Å². The van der Waals surface area contributed by atoms with Crippen molar-refractivity contribution in [3.8, 4) is 5.75 Å². The minimum Gasteiger partial charge on any atom is -0.490 e. The van der Waals surface area contributed by atoms with Crippen LogP contribution in [0.5, 0.6) is 5.75 Å². The minimum absolute atomic E-state index is 0.0841. The van der Waals surface area contributed by atoms with E-state index in [1.165, 1.54) is 0 Å². The summed E-state index contributed by atoms with van der Waals surface area (Å²) in [5, 5.41) is 6.41. The van der Waals surface area contributed by atoms with Gasteiger partial charge in [0.1, 0.15) is 5.69 Å². The number of fused-ring (bicyclic) bond motifs is 1. The van der Waals surface area contributed by atoms with Gasteiger partial charge in [0.25, 0.3) is 5.91 Å². The van der Waals surface area contributed by atoms with Crippen molar-refractivity contribution in [1.29, 1.82) is 0 Å². The molecule has 0 radical (unpaired) electrons. The van der Waals surface area contributed by atoms with Crippen LogP contribution in [0.2, 0.25) is 0 Å². The van der Waals surface area contributed by atoms with E-state index in [-0.39, 0.29) is 11.9 Å². The largest absolute Gasteiger partial charge is 0.490 e. The van der Waals surface area contributed by atoms with Gasteiger partial charge < -0.3 is 15.4 Å². The Labute approximate surface area is 129 Å². The zero-order valence-corrected chi connectivity index (χ0v) is 13.2. The third-order valence-corrected chi connectivity index (χ3v) is 4.14. The normalized spacial score (nSPS) is 21.2. The third kappa shape index (κ3) is 2.54. The molecule has 0 aliphatic carbocycles. The second kappa shape index (κ2) is 5.96. The average molecular weight is 302 g/mol. The van der Waals surface area contributed by atoms with Crippen LogP contribution >= 0.6 is 0 Å². The molecule has 1 aliphatic rings. The molecule has 22 heavy (non-hydrogen) atoms. The number of nitrogens with one attached hydrogen (secondary N) is 2. The SMILES string of the molecule is CCOc1cccn2c(C(=O)N[C@H]3CNC[C@@H]3C)c(C)nc12. The molecule has 2 aromatic heterocycles. The van der Waals surface area contributed by atoms with E-state index in [1.807, 2.05) is 36.6 Å². The number of aromatic nitrogens is 2. The van der Waals surface area contributed by atoms with Gasteiger partial charge in [-0.3, -0.25) is 9.20 Å². The molecule has 118 valence electrons. The second-order valence-electron chi connectivity index (χ2n) is 5.76. The molecular weight excluding hydrogens is 280 g/mol. The van der Waals surface area contributed by atoms with E-state index in [4.69, 9.17) is 4.74 Å². The maximum Gasteiger partial charge on any atom is 0.270 e. The number of hydrogen-bond acceptors (Lipinski definition) is 4. The first-order valence-electron chi connectivity index (χ1n) is 7.73. The van der Waals surface area contributed by atoms with Crippen LogP contribution in [0.1, 0.15) is 30.0 Å². The number of amides is 1. The number of pyridine rings is 1. The summed E-state index contributed by atoms with van der Waals surface area (Å²) in [7, 11) is 0. The lowest BCUT2D eigenvalue weighted by Gasteiger charge is -2.16. The fourth-order valence-electron chi connectivity index (χ4n) is 2.94. The highest BCUT2D eigenvalue weighted by molar-refractivity contribution is 5.95. The summed E-state index contributed by atoms with van der Waals surface area (Å²) in [4.78, 5) is 17.2. The first-order chi connectivity index (χ1) is 10.6. The molecule has 2 atom stereocenters. The predicted octanol–water partition coefficient (Wildman–Crippen LogP) is 1.38. The van der Waals surface area contributed by atoms with E-state index in [0.717, 1.165) is 13.1 Å². The van der Waals surface area contributed by atoms with Crippen molar-refractivity contribution in [2.75, 3.05) is 19.7 Å². The molecule has 0 bridgehead atoms. The van der Waals surface area contributed by atoms with Gasteiger partial charge in [-0.15, -0.1) is 0 Å². The number of hydrogen-bond donors (Lipinski definition) is 2. The third-order valence-electron chi connectivity index (χ3n) is 4.14. The lowest BCUT2D eigenvalue weighted by Crippen LogP contribution is -2.40. The Morgan fingerprint density at radius 2 is 2.36 bits per heavy atom. The van der Waals surface area contributed by atoms with Crippen LogP contribution < -0.4 is 15.4 Å². The minimum atomic E-state index is -0.0841. The molecule has 6 heteroatoms. The maximum absolute atomic E-state index is 12.7. The summed E-state index contributed by atoms with van der Waals surface area (Å²) < 4.78 is 7.40. The van der Waals surface area contributed by atoms with Crippen LogP contribution in [-0.4, -0.2) is 41.0 Å². The van der Waals surface area contributed by atoms with E-state index in [0.29, 0.717) is 35.3 Å². The molecule has 0 spiro atoms. The first-order valence-corrected chi connectivity index (χ1v) is 7.73. The number of nitrogens with zero attached hydrogens (tertiary/aromatic N) is 2. The Hall–Kier alpha value is -2.08. The van der Waals surface area contributed by atoms with Crippen LogP contribution in [0.4, 0.5) is 0 Å². The molecule has 6 nitrogen and oxygen atoms in total. The van der Waals surface area contributed by atoms with Gasteiger partial charge in [0.05, 0.1) is 12.3 Å². The number of carbonyl (C=O) groups excluding carboxylic acids is 1. The standard InChI is InChI=1S/C16H22N4O2/c1-4-22-13-6-5-7-20-14(11(3)18-15(13)20)16(21)19-12-9-17-8-10(12)2/h5-7,10,12,17H,4,8-9H2,1-3H3,(H,19,21)/t10-,12-/m0/s1. The Kier molecular flexibility index (Phi) is 4.02. The topological polar surface area (TPSA) is 67.7 Å². The summed E-state index contributed by atoms with van der Waals surface area (Å²) >= 11 is 0. The number of carbonyl (C=O) groups is 1. The molecule has 3 heterocycles. The molecular formula is C16H22N4O2. The number of aryl methyl sites for hydroxylation is 1. The van der Waals surface area contributed by atoms with E-state index in [1.54, 1.807) is 0 Å². The number of imidazole rings is 1. The Morgan fingerprint density at radius 1 is 1.55 bits per heavy atom. The predicted molar refractivity (Wildman–Crippen MR) is 84.4 cm³/mol. The lowest BCUT2D eigenvalue weighted by atomic mass is 10.1. The Bertz CT molecular complexity index is 695. The van der Waals surface area contributed by atoms with Crippen molar-refractivity contribution >= 4 is 11.6 Å². The molecule has 1 saturated heterocycles. The van der Waals surface area contributed by atoms with E-state index < -0.39 is 0 Å². The van der Waals surface area contributed by atoms with Gasteiger partial charge in [0, 0.05) is 18.8 Å². The monoisotopic (exact) mass is 302 g/mol. The van der Waals surface area contributed by atoms with Crippen LogP contribution in [0.25, 0.3) is 5.65 Å². The quantitative estimate of drug-likeness (QED) is 0.895. The van der Waals surface area contributed by atoms with Crippen molar-refractivity contribution in [3.63, 3.8) is 0 Å². The first kappa shape index (κ1) is 14.8.